The zero-order valence-corrected chi connectivity index (χ0v) is 36.2. The first-order valence-corrected chi connectivity index (χ1v) is 23.0. The van der Waals surface area contributed by atoms with Crippen molar-refractivity contribution >= 4 is 59.0 Å². The van der Waals surface area contributed by atoms with Crippen molar-refractivity contribution in [3.63, 3.8) is 0 Å². The molecule has 3 aliphatic rings. The Morgan fingerprint density at radius 1 is 0.516 bits per heavy atom. The van der Waals surface area contributed by atoms with Gasteiger partial charge in [-0.1, -0.05) is 147 Å². The van der Waals surface area contributed by atoms with Gasteiger partial charge >= 0.3 is 0 Å². The molecule has 0 fully saturated rings. The summed E-state index contributed by atoms with van der Waals surface area (Å²) in [5, 5.41) is 4.79. The van der Waals surface area contributed by atoms with E-state index in [-0.39, 0.29) is 0 Å². The molecule has 12 rings (SSSR count). The van der Waals surface area contributed by atoms with Crippen molar-refractivity contribution in [1.29, 1.82) is 0 Å². The van der Waals surface area contributed by atoms with E-state index in [9.17, 15) is 0 Å². The molecule has 0 unspecified atom stereocenters. The minimum atomic E-state index is 0.637. The molecular formula is C59H43N3OS. The number of benzene rings is 6. The highest BCUT2D eigenvalue weighted by molar-refractivity contribution is 7.25. The second kappa shape index (κ2) is 15.7. The van der Waals surface area contributed by atoms with Crippen LogP contribution in [0.25, 0.3) is 93.0 Å². The summed E-state index contributed by atoms with van der Waals surface area (Å²) in [4.78, 5) is 15.2. The van der Waals surface area contributed by atoms with Crippen LogP contribution in [0, 0.1) is 0 Å². The van der Waals surface area contributed by atoms with Gasteiger partial charge in [-0.15, -0.1) is 11.3 Å². The topological polar surface area (TPSA) is 51.8 Å². The second-order valence-electron chi connectivity index (χ2n) is 16.8. The molecule has 3 heterocycles. The van der Waals surface area contributed by atoms with Gasteiger partial charge in [-0.3, -0.25) is 0 Å². The molecule has 5 heteroatoms. The van der Waals surface area contributed by atoms with E-state index in [2.05, 4.69) is 147 Å². The fraction of sp³-hybridized carbons (Fsp3) is 0.102. The van der Waals surface area contributed by atoms with Crippen LogP contribution in [0.1, 0.15) is 44.1 Å². The van der Waals surface area contributed by atoms with E-state index in [1.165, 1.54) is 53.6 Å². The Morgan fingerprint density at radius 3 is 2.00 bits per heavy atom. The summed E-state index contributed by atoms with van der Waals surface area (Å²) in [7, 11) is 0. The molecular weight excluding hydrogens is 799 g/mol. The van der Waals surface area contributed by atoms with Crippen molar-refractivity contribution in [2.24, 2.45) is 0 Å². The van der Waals surface area contributed by atoms with Gasteiger partial charge in [-0.05, 0) is 125 Å². The third-order valence-corrected chi connectivity index (χ3v) is 14.4. The monoisotopic (exact) mass is 841 g/mol. The summed E-state index contributed by atoms with van der Waals surface area (Å²) >= 11 is 1.80. The number of thiophene rings is 1. The highest BCUT2D eigenvalue weighted by Crippen LogP contribution is 2.49. The first kappa shape index (κ1) is 38.2. The third kappa shape index (κ3) is 6.46. The lowest BCUT2D eigenvalue weighted by atomic mass is 9.71. The van der Waals surface area contributed by atoms with Crippen LogP contribution < -0.4 is 0 Å². The molecule has 0 atom stereocenters. The smallest absolute Gasteiger partial charge is 0.164 e. The van der Waals surface area contributed by atoms with Crippen LogP contribution in [0.5, 0.6) is 0 Å². The van der Waals surface area contributed by atoms with Gasteiger partial charge in [0, 0.05) is 47.6 Å². The first-order chi connectivity index (χ1) is 31.6. The number of nitrogens with zero attached hydrogens (tertiary/aromatic N) is 3. The summed E-state index contributed by atoms with van der Waals surface area (Å²) in [5.41, 5.74) is 18.2. The number of furan rings is 1. The summed E-state index contributed by atoms with van der Waals surface area (Å²) in [6.45, 7) is 8.10. The zero-order chi connectivity index (χ0) is 42.7. The van der Waals surface area contributed by atoms with Crippen molar-refractivity contribution in [3.8, 4) is 45.3 Å². The highest BCUT2D eigenvalue weighted by Gasteiger charge is 2.30. The minimum absolute atomic E-state index is 0.637. The molecule has 3 aliphatic carbocycles. The maximum Gasteiger partial charge on any atom is 0.164 e. The van der Waals surface area contributed by atoms with Gasteiger partial charge in [0.1, 0.15) is 11.2 Å². The van der Waals surface area contributed by atoms with E-state index in [0.717, 1.165) is 88.3 Å². The van der Waals surface area contributed by atoms with E-state index < -0.39 is 0 Å². The van der Waals surface area contributed by atoms with Crippen LogP contribution >= 0.6 is 11.3 Å². The predicted molar refractivity (Wildman–Crippen MR) is 268 cm³/mol. The molecule has 0 aliphatic heterocycles. The van der Waals surface area contributed by atoms with Crippen LogP contribution in [-0.4, -0.2) is 15.0 Å². The van der Waals surface area contributed by atoms with Gasteiger partial charge < -0.3 is 4.42 Å². The average molecular weight is 842 g/mol. The van der Waals surface area contributed by atoms with Gasteiger partial charge in [0.15, 0.2) is 17.5 Å². The van der Waals surface area contributed by atoms with Crippen LogP contribution in [-0.2, 0) is 0 Å². The van der Waals surface area contributed by atoms with Crippen molar-refractivity contribution < 1.29 is 4.42 Å². The van der Waals surface area contributed by atoms with Crippen molar-refractivity contribution in [2.45, 2.75) is 38.5 Å². The number of rotatable bonds is 8. The maximum atomic E-state index is 6.55. The summed E-state index contributed by atoms with van der Waals surface area (Å²) in [6.07, 6.45) is 17.2. The SMILES string of the molecule is C=C/C=C(\C=C)C1=CCCC2=C1CCC1=C2CCC=C1c1ccc2oc3cccc(-c4ccc(-c5nc(-c6ccccc6)nc(-c6ccc7c(c6)sc6ccccc67)n5)cc4)c3c2c1. The zero-order valence-electron chi connectivity index (χ0n) is 35.4. The molecule has 3 aromatic heterocycles. The van der Waals surface area contributed by atoms with Gasteiger partial charge in [-0.25, -0.2) is 15.0 Å². The number of fused-ring (bicyclic) bond motifs is 7. The lowest BCUT2D eigenvalue weighted by molar-refractivity contribution is 0.669. The highest BCUT2D eigenvalue weighted by atomic mass is 32.1. The normalized spacial score (nSPS) is 15.4. The Labute approximate surface area is 376 Å². The van der Waals surface area contributed by atoms with Crippen molar-refractivity contribution in [3.05, 3.63) is 216 Å². The molecule has 0 saturated heterocycles. The quantitative estimate of drug-likeness (QED) is 0.143. The van der Waals surface area contributed by atoms with Gasteiger partial charge in [0.2, 0.25) is 0 Å². The lowest BCUT2D eigenvalue weighted by Crippen LogP contribution is -2.14. The number of hydrogen-bond acceptors (Lipinski definition) is 5. The van der Waals surface area contributed by atoms with Crippen molar-refractivity contribution in [2.75, 3.05) is 0 Å². The Morgan fingerprint density at radius 2 is 1.19 bits per heavy atom. The molecule has 64 heavy (non-hydrogen) atoms. The van der Waals surface area contributed by atoms with Gasteiger partial charge in [-0.2, -0.15) is 0 Å². The number of allylic oxidation sites excluding steroid dienone is 12. The predicted octanol–water partition coefficient (Wildman–Crippen LogP) is 16.4. The fourth-order valence-corrected chi connectivity index (χ4v) is 11.5. The van der Waals surface area contributed by atoms with E-state index in [4.69, 9.17) is 19.4 Å². The van der Waals surface area contributed by atoms with E-state index in [0.29, 0.717) is 17.5 Å². The Bertz CT molecular complexity index is 3570. The summed E-state index contributed by atoms with van der Waals surface area (Å²) in [6, 6.07) is 47.1. The lowest BCUT2D eigenvalue weighted by Gasteiger charge is -2.34. The van der Waals surface area contributed by atoms with Crippen LogP contribution in [0.15, 0.2) is 215 Å². The molecule has 6 aromatic carbocycles. The molecule has 0 radical (unpaired) electrons. The Balaban J connectivity index is 0.912. The van der Waals surface area contributed by atoms with Gasteiger partial charge in [0.05, 0.1) is 0 Å². The molecule has 4 nitrogen and oxygen atoms in total. The summed E-state index contributed by atoms with van der Waals surface area (Å²) in [5.74, 6) is 1.94. The number of hydrogen-bond donors (Lipinski definition) is 0. The minimum Gasteiger partial charge on any atom is -0.456 e. The molecule has 0 bridgehead atoms. The second-order valence-corrected chi connectivity index (χ2v) is 17.9. The van der Waals surface area contributed by atoms with E-state index in [1.54, 1.807) is 22.5 Å². The van der Waals surface area contributed by atoms with Crippen molar-refractivity contribution in [1.82, 2.24) is 15.0 Å². The maximum absolute atomic E-state index is 6.55. The number of aromatic nitrogens is 3. The third-order valence-electron chi connectivity index (χ3n) is 13.2. The molecule has 0 saturated carbocycles. The largest absolute Gasteiger partial charge is 0.456 e. The molecule has 0 spiro atoms. The molecule has 9 aromatic rings. The molecule has 0 amide bonds. The van der Waals surface area contributed by atoms with E-state index >= 15 is 0 Å². The molecule has 0 N–H and O–H groups in total. The van der Waals surface area contributed by atoms with Crippen LogP contribution in [0.3, 0.4) is 0 Å². The van der Waals surface area contributed by atoms with Crippen LogP contribution in [0.4, 0.5) is 0 Å². The average Bonchev–Trinajstić information content (AvgIpc) is 3.93. The standard InChI is InChI=1S/C59H43N3OS/c1-3-13-36(4-2)42-17-10-20-45-46-21-11-18-43(48(46)32-31-47(42)45)40-29-33-52-51(34-40)56-44(19-12-22-53(56)63-52)37-24-26-39(27-25-37)58-60-57(38-14-6-5-7-15-38)61-59(62-58)41-28-30-50-49-16-8-9-23-54(49)64-55(50)35-41/h3-9,12-19,22-30,33-35H,1-2,10-11,20-21,31-32H2/b36-13+. The van der Waals surface area contributed by atoms with Gasteiger partial charge in [0.25, 0.3) is 0 Å². The Kier molecular flexibility index (Phi) is 9.38. The first-order valence-electron chi connectivity index (χ1n) is 22.2. The molecule has 306 valence electrons. The van der Waals surface area contributed by atoms with E-state index in [1.807, 2.05) is 30.4 Å². The summed E-state index contributed by atoms with van der Waals surface area (Å²) < 4.78 is 9.04. The fourth-order valence-electron chi connectivity index (χ4n) is 10.3. The Hall–Kier alpha value is -7.47. The van der Waals surface area contributed by atoms with Crippen LogP contribution in [0.2, 0.25) is 0 Å².